The molecule has 0 atom stereocenters. The molecule has 1 aromatic carbocycles. The zero-order valence-electron chi connectivity index (χ0n) is 31.5. The molecule has 0 radical (unpaired) electrons. The van der Waals surface area contributed by atoms with Gasteiger partial charge in [-0.05, 0) is 89.4 Å². The summed E-state index contributed by atoms with van der Waals surface area (Å²) in [5.74, 6) is 0.338. The molecule has 1 aromatic rings. The first-order chi connectivity index (χ1) is 20.9. The maximum Gasteiger partial charge on any atom is 0.306 e. The van der Waals surface area contributed by atoms with E-state index in [1.807, 2.05) is 25.1 Å². The third kappa shape index (κ3) is 15.7. The summed E-state index contributed by atoms with van der Waals surface area (Å²) in [6.45, 7) is 27.9. The highest BCUT2D eigenvalue weighted by Gasteiger charge is 2.27. The van der Waals surface area contributed by atoms with Gasteiger partial charge in [0.05, 0.1) is 19.0 Å². The average molecular weight is 643 g/mol. The summed E-state index contributed by atoms with van der Waals surface area (Å²) in [6, 6.07) is 4.03. The van der Waals surface area contributed by atoms with Crippen molar-refractivity contribution >= 4 is 11.9 Å². The van der Waals surface area contributed by atoms with E-state index in [2.05, 4.69) is 83.1 Å². The van der Waals surface area contributed by atoms with E-state index in [1.165, 1.54) is 0 Å². The van der Waals surface area contributed by atoms with E-state index in [9.17, 15) is 19.8 Å². The van der Waals surface area contributed by atoms with Crippen molar-refractivity contribution < 1.29 is 29.3 Å². The third-order valence-electron chi connectivity index (χ3n) is 7.90. The molecule has 6 heteroatoms. The van der Waals surface area contributed by atoms with Gasteiger partial charge in [-0.3, -0.25) is 9.59 Å². The van der Waals surface area contributed by atoms with Crippen LogP contribution in [-0.2, 0) is 36.3 Å². The molecule has 2 N–H and O–H groups in total. The number of hydrogen-bond donors (Lipinski definition) is 2. The molecule has 6 nitrogen and oxygen atoms in total. The van der Waals surface area contributed by atoms with Crippen LogP contribution in [0.1, 0.15) is 158 Å². The second kappa shape index (κ2) is 17.4. The number of aliphatic hydroxyl groups excluding tert-OH is 1. The summed E-state index contributed by atoms with van der Waals surface area (Å²) >= 11 is 0. The van der Waals surface area contributed by atoms with Crippen molar-refractivity contribution in [2.24, 2.45) is 10.8 Å². The molecule has 1 rings (SSSR count). The third-order valence-corrected chi connectivity index (χ3v) is 7.90. The largest absolute Gasteiger partial charge is 0.512 e. The van der Waals surface area contributed by atoms with E-state index in [1.54, 1.807) is 0 Å². The van der Waals surface area contributed by atoms with Crippen molar-refractivity contribution in [1.29, 1.82) is 0 Å². The SMILES string of the molecule is C/C(=C\C(=C(\O)CC(C)(C)C)C(C)(C)C)CCC(=O)OCCCCCCOC(=O)CCc1cc(C(C)(C)C)c(O)c(C(C)(C)C)c1. The number of esters is 2. The van der Waals surface area contributed by atoms with Gasteiger partial charge in [-0.2, -0.15) is 0 Å². The Bertz CT molecular complexity index is 1170. The Morgan fingerprint density at radius 1 is 0.717 bits per heavy atom. The number of benzene rings is 1. The maximum absolute atomic E-state index is 12.4. The smallest absolute Gasteiger partial charge is 0.306 e. The quantitative estimate of drug-likeness (QED) is 0.0856. The summed E-state index contributed by atoms with van der Waals surface area (Å²) in [7, 11) is 0. The van der Waals surface area contributed by atoms with Gasteiger partial charge in [0.2, 0.25) is 0 Å². The monoisotopic (exact) mass is 642 g/mol. The van der Waals surface area contributed by atoms with Gasteiger partial charge < -0.3 is 19.7 Å². The lowest BCUT2D eigenvalue weighted by molar-refractivity contribution is -0.145. The normalized spacial score (nSPS) is 13.8. The predicted octanol–water partition coefficient (Wildman–Crippen LogP) is 10.6. The summed E-state index contributed by atoms with van der Waals surface area (Å²) in [4.78, 5) is 24.7. The van der Waals surface area contributed by atoms with Crippen molar-refractivity contribution in [3.05, 3.63) is 51.8 Å². The van der Waals surface area contributed by atoms with Crippen LogP contribution in [0.5, 0.6) is 5.75 Å². The highest BCUT2D eigenvalue weighted by molar-refractivity contribution is 5.70. The molecule has 0 heterocycles. The average Bonchev–Trinajstić information content (AvgIpc) is 2.88. The molecule has 0 saturated carbocycles. The number of allylic oxidation sites excluding steroid dienone is 4. The molecular weight excluding hydrogens is 576 g/mol. The lowest BCUT2D eigenvalue weighted by atomic mass is 9.78. The lowest BCUT2D eigenvalue weighted by Gasteiger charge is -2.28. The fraction of sp³-hybridized carbons (Fsp3) is 0.700. The zero-order chi connectivity index (χ0) is 35.5. The maximum atomic E-state index is 12.4. The zero-order valence-corrected chi connectivity index (χ0v) is 31.5. The molecule has 0 aliphatic rings. The molecule has 0 aliphatic carbocycles. The van der Waals surface area contributed by atoms with Crippen LogP contribution in [0.2, 0.25) is 0 Å². The number of carbonyl (C=O) groups is 2. The van der Waals surface area contributed by atoms with Crippen molar-refractivity contribution in [3.8, 4) is 5.75 Å². The van der Waals surface area contributed by atoms with Crippen LogP contribution in [0.25, 0.3) is 0 Å². The minimum Gasteiger partial charge on any atom is -0.512 e. The van der Waals surface area contributed by atoms with Crippen LogP contribution < -0.4 is 0 Å². The summed E-state index contributed by atoms with van der Waals surface area (Å²) in [5, 5.41) is 21.7. The van der Waals surface area contributed by atoms with Crippen LogP contribution in [0.4, 0.5) is 0 Å². The number of aromatic hydroxyl groups is 1. The van der Waals surface area contributed by atoms with E-state index in [4.69, 9.17) is 9.47 Å². The molecule has 0 saturated heterocycles. The lowest BCUT2D eigenvalue weighted by Crippen LogP contribution is -2.18. The number of carbonyl (C=O) groups excluding carboxylic acids is 2. The van der Waals surface area contributed by atoms with Crippen molar-refractivity contribution in [2.45, 2.75) is 159 Å². The number of rotatable bonds is 15. The van der Waals surface area contributed by atoms with Gasteiger partial charge in [0.25, 0.3) is 0 Å². The van der Waals surface area contributed by atoms with Crippen LogP contribution in [0.15, 0.2) is 35.1 Å². The van der Waals surface area contributed by atoms with E-state index < -0.39 is 0 Å². The molecule has 0 aliphatic heterocycles. The molecule has 0 aromatic heterocycles. The van der Waals surface area contributed by atoms with E-state index in [0.29, 0.717) is 56.8 Å². The highest BCUT2D eigenvalue weighted by Crippen LogP contribution is 2.40. The van der Waals surface area contributed by atoms with Gasteiger partial charge in [-0.15, -0.1) is 0 Å². The topological polar surface area (TPSA) is 93.1 Å². The first-order valence-corrected chi connectivity index (χ1v) is 17.2. The van der Waals surface area contributed by atoms with Crippen molar-refractivity contribution in [1.82, 2.24) is 0 Å². The highest BCUT2D eigenvalue weighted by atomic mass is 16.5. The molecule has 262 valence electrons. The first kappa shape index (κ1) is 41.3. The van der Waals surface area contributed by atoms with Gasteiger partial charge in [-0.25, -0.2) is 0 Å². The molecule has 46 heavy (non-hydrogen) atoms. The number of hydrogen-bond acceptors (Lipinski definition) is 6. The van der Waals surface area contributed by atoms with Crippen LogP contribution in [0, 0.1) is 10.8 Å². The molecule has 0 amide bonds. The van der Waals surface area contributed by atoms with Gasteiger partial charge in [-0.1, -0.05) is 107 Å². The van der Waals surface area contributed by atoms with Crippen molar-refractivity contribution in [2.75, 3.05) is 13.2 Å². The molecule has 0 fully saturated rings. The van der Waals surface area contributed by atoms with E-state index in [-0.39, 0.29) is 33.6 Å². The molecule has 0 unspecified atom stereocenters. The Labute approximate surface area is 281 Å². The number of aliphatic hydroxyl groups is 1. The minimum absolute atomic E-state index is 0.0138. The summed E-state index contributed by atoms with van der Waals surface area (Å²) in [6.07, 6.45) is 7.75. The van der Waals surface area contributed by atoms with Gasteiger partial charge in [0.1, 0.15) is 5.75 Å². The Hall–Kier alpha value is -2.76. The molecule has 0 bridgehead atoms. The predicted molar refractivity (Wildman–Crippen MR) is 190 cm³/mol. The second-order valence-electron chi connectivity index (χ2n) is 17.2. The van der Waals surface area contributed by atoms with Gasteiger partial charge in [0, 0.05) is 19.3 Å². The summed E-state index contributed by atoms with van der Waals surface area (Å²) < 4.78 is 10.9. The standard InChI is InChI=1S/C40H66O6/c1-28(24-30(38(5,6)7)33(41)27-37(2,3)4)18-20-34(42)45-22-16-14-15-17-23-46-35(43)21-19-29-25-31(39(8,9)10)36(44)32(26-29)40(11,12)13/h24-26,41,44H,14-23,27H2,1-13H3/b28-24+,33-30-. The Morgan fingerprint density at radius 3 is 1.59 bits per heavy atom. The number of unbranched alkanes of at least 4 members (excludes halogenated alkanes) is 3. The van der Waals surface area contributed by atoms with Crippen LogP contribution >= 0.6 is 0 Å². The number of aryl methyl sites for hydroxylation is 1. The number of ether oxygens (including phenoxy) is 2. The minimum atomic E-state index is -0.213. The van der Waals surface area contributed by atoms with E-state index in [0.717, 1.165) is 53.5 Å². The number of phenols is 1. The van der Waals surface area contributed by atoms with Gasteiger partial charge >= 0.3 is 11.9 Å². The van der Waals surface area contributed by atoms with Crippen LogP contribution in [-0.4, -0.2) is 35.4 Å². The Morgan fingerprint density at radius 2 is 1.17 bits per heavy atom. The number of phenolic OH excluding ortho intramolecular Hbond substituents is 1. The van der Waals surface area contributed by atoms with Crippen molar-refractivity contribution in [3.63, 3.8) is 0 Å². The van der Waals surface area contributed by atoms with Crippen LogP contribution in [0.3, 0.4) is 0 Å². The Kier molecular flexibility index (Phi) is 15.6. The first-order valence-electron chi connectivity index (χ1n) is 17.2. The fourth-order valence-corrected chi connectivity index (χ4v) is 5.25. The fourth-order valence-electron chi connectivity index (χ4n) is 5.25. The van der Waals surface area contributed by atoms with E-state index >= 15 is 0 Å². The summed E-state index contributed by atoms with van der Waals surface area (Å²) in [5.41, 5.74) is 4.17. The molecular formula is C40H66O6. The van der Waals surface area contributed by atoms with Gasteiger partial charge in [0.15, 0.2) is 0 Å². The molecule has 0 spiro atoms. The second-order valence-corrected chi connectivity index (χ2v) is 17.2. The Balaban J connectivity index is 2.39.